The van der Waals surface area contributed by atoms with Crippen LogP contribution in [0.1, 0.15) is 26.2 Å². The van der Waals surface area contributed by atoms with Gasteiger partial charge in [0, 0.05) is 25.6 Å². The van der Waals surface area contributed by atoms with Gasteiger partial charge < -0.3 is 15.3 Å². The average Bonchev–Trinajstić information content (AvgIpc) is 2.82. The molecule has 2 rings (SSSR count). The first-order chi connectivity index (χ1) is 7.72. The second-order valence-electron chi connectivity index (χ2n) is 5.00. The van der Waals surface area contributed by atoms with E-state index >= 15 is 0 Å². The van der Waals surface area contributed by atoms with Crippen molar-refractivity contribution in [1.82, 2.24) is 10.2 Å². The van der Waals surface area contributed by atoms with Crippen molar-refractivity contribution in [2.75, 3.05) is 26.2 Å². The van der Waals surface area contributed by atoms with Crippen molar-refractivity contribution >= 4 is 5.91 Å². The fourth-order valence-electron chi connectivity index (χ4n) is 2.74. The molecule has 1 amide bonds. The van der Waals surface area contributed by atoms with Crippen molar-refractivity contribution < 1.29 is 9.90 Å². The first-order valence-corrected chi connectivity index (χ1v) is 6.40. The molecule has 0 aromatic carbocycles. The predicted molar refractivity (Wildman–Crippen MR) is 62.0 cm³/mol. The van der Waals surface area contributed by atoms with E-state index in [9.17, 15) is 9.90 Å². The monoisotopic (exact) mass is 226 g/mol. The largest absolute Gasteiger partial charge is 0.393 e. The highest BCUT2D eigenvalue weighted by molar-refractivity contribution is 5.79. The Morgan fingerprint density at radius 1 is 1.50 bits per heavy atom. The summed E-state index contributed by atoms with van der Waals surface area (Å²) in [6.45, 7) is 5.34. The van der Waals surface area contributed by atoms with E-state index in [1.165, 1.54) is 0 Å². The lowest BCUT2D eigenvalue weighted by atomic mass is 9.91. The van der Waals surface area contributed by atoms with Gasteiger partial charge in [-0.1, -0.05) is 6.92 Å². The van der Waals surface area contributed by atoms with Crippen LogP contribution in [-0.2, 0) is 4.79 Å². The zero-order valence-corrected chi connectivity index (χ0v) is 9.98. The van der Waals surface area contributed by atoms with Crippen LogP contribution in [0.3, 0.4) is 0 Å². The van der Waals surface area contributed by atoms with Gasteiger partial charge >= 0.3 is 0 Å². The molecule has 0 spiro atoms. The Balaban J connectivity index is 1.91. The van der Waals surface area contributed by atoms with Gasteiger partial charge in [0.1, 0.15) is 0 Å². The lowest BCUT2D eigenvalue weighted by molar-refractivity contribution is -0.138. The zero-order valence-electron chi connectivity index (χ0n) is 9.98. The first-order valence-electron chi connectivity index (χ1n) is 6.40. The summed E-state index contributed by atoms with van der Waals surface area (Å²) >= 11 is 0. The Hall–Kier alpha value is -0.610. The third kappa shape index (κ3) is 2.38. The molecule has 2 heterocycles. The van der Waals surface area contributed by atoms with Crippen LogP contribution in [0.4, 0.5) is 0 Å². The molecule has 3 unspecified atom stereocenters. The number of hydrogen-bond donors (Lipinski definition) is 2. The number of nitrogens with zero attached hydrogens (tertiary/aromatic N) is 1. The Morgan fingerprint density at radius 3 is 2.94 bits per heavy atom. The summed E-state index contributed by atoms with van der Waals surface area (Å²) in [5, 5.41) is 13.0. The van der Waals surface area contributed by atoms with Gasteiger partial charge in [-0.2, -0.15) is 0 Å². The standard InChI is InChI=1S/C12H22N2O2/c1-2-9-8-14(6-4-11(9)15)12(16)10-3-5-13-7-10/h9-11,13,15H,2-8H2,1H3. The highest BCUT2D eigenvalue weighted by Gasteiger charge is 2.33. The van der Waals surface area contributed by atoms with Gasteiger partial charge in [-0.15, -0.1) is 0 Å². The van der Waals surface area contributed by atoms with E-state index in [-0.39, 0.29) is 23.8 Å². The van der Waals surface area contributed by atoms with E-state index in [2.05, 4.69) is 12.2 Å². The van der Waals surface area contributed by atoms with Crippen molar-refractivity contribution in [1.29, 1.82) is 0 Å². The number of piperidine rings is 1. The third-order valence-electron chi connectivity index (χ3n) is 3.94. The molecule has 0 aromatic rings. The van der Waals surface area contributed by atoms with Gasteiger partial charge in [-0.3, -0.25) is 4.79 Å². The van der Waals surface area contributed by atoms with Crippen LogP contribution in [0.5, 0.6) is 0 Å². The van der Waals surface area contributed by atoms with Crippen LogP contribution in [0.15, 0.2) is 0 Å². The number of rotatable bonds is 2. The number of carbonyl (C=O) groups is 1. The number of nitrogens with one attached hydrogen (secondary N) is 1. The maximum atomic E-state index is 12.2. The maximum absolute atomic E-state index is 12.2. The highest BCUT2D eigenvalue weighted by Crippen LogP contribution is 2.22. The molecule has 0 aliphatic carbocycles. The fraction of sp³-hybridized carbons (Fsp3) is 0.917. The molecule has 2 aliphatic heterocycles. The number of amides is 1. The van der Waals surface area contributed by atoms with Crippen molar-refractivity contribution in [3.8, 4) is 0 Å². The van der Waals surface area contributed by atoms with E-state index in [4.69, 9.17) is 0 Å². The number of likely N-dealkylation sites (tertiary alicyclic amines) is 1. The lowest BCUT2D eigenvalue weighted by Crippen LogP contribution is -2.48. The molecule has 0 bridgehead atoms. The topological polar surface area (TPSA) is 52.6 Å². The van der Waals surface area contributed by atoms with Crippen LogP contribution < -0.4 is 5.32 Å². The van der Waals surface area contributed by atoms with E-state index in [1.54, 1.807) is 0 Å². The molecule has 2 saturated heterocycles. The molecule has 0 radical (unpaired) electrons. The average molecular weight is 226 g/mol. The quantitative estimate of drug-likeness (QED) is 0.708. The van der Waals surface area contributed by atoms with Gasteiger partial charge in [-0.05, 0) is 25.8 Å². The predicted octanol–water partition coefficient (Wildman–Crippen LogP) is 0.215. The first kappa shape index (κ1) is 11.9. The smallest absolute Gasteiger partial charge is 0.227 e. The maximum Gasteiger partial charge on any atom is 0.227 e. The minimum atomic E-state index is -0.212. The lowest BCUT2D eigenvalue weighted by Gasteiger charge is -2.37. The van der Waals surface area contributed by atoms with Crippen molar-refractivity contribution in [3.05, 3.63) is 0 Å². The molecule has 0 saturated carbocycles. The van der Waals surface area contributed by atoms with Crippen LogP contribution in [-0.4, -0.2) is 48.2 Å². The van der Waals surface area contributed by atoms with E-state index in [0.717, 1.165) is 45.4 Å². The van der Waals surface area contributed by atoms with Gasteiger partial charge in [0.15, 0.2) is 0 Å². The van der Waals surface area contributed by atoms with Crippen molar-refractivity contribution in [2.45, 2.75) is 32.3 Å². The normalized spacial score (nSPS) is 35.4. The SMILES string of the molecule is CCC1CN(C(=O)C2CCNC2)CCC1O. The molecule has 2 aliphatic rings. The highest BCUT2D eigenvalue weighted by atomic mass is 16.3. The Bertz CT molecular complexity index is 251. The summed E-state index contributed by atoms with van der Waals surface area (Å²) in [6, 6.07) is 0. The van der Waals surface area contributed by atoms with Crippen LogP contribution in [0.25, 0.3) is 0 Å². The Morgan fingerprint density at radius 2 is 2.31 bits per heavy atom. The van der Waals surface area contributed by atoms with E-state index in [0.29, 0.717) is 0 Å². The molecule has 4 heteroatoms. The second kappa shape index (κ2) is 5.15. The molecule has 2 fully saturated rings. The molecule has 92 valence electrons. The van der Waals surface area contributed by atoms with Gasteiger partial charge in [0.05, 0.1) is 12.0 Å². The summed E-state index contributed by atoms with van der Waals surface area (Å²) in [6.07, 6.45) is 2.45. The molecule has 3 atom stereocenters. The van der Waals surface area contributed by atoms with Crippen molar-refractivity contribution in [3.63, 3.8) is 0 Å². The minimum Gasteiger partial charge on any atom is -0.393 e. The van der Waals surface area contributed by atoms with Crippen LogP contribution in [0.2, 0.25) is 0 Å². The summed E-state index contributed by atoms with van der Waals surface area (Å²) in [5.41, 5.74) is 0. The number of aliphatic hydroxyl groups is 1. The summed E-state index contributed by atoms with van der Waals surface area (Å²) in [4.78, 5) is 14.1. The van der Waals surface area contributed by atoms with Gasteiger partial charge in [0.2, 0.25) is 5.91 Å². The number of carbonyl (C=O) groups excluding carboxylic acids is 1. The van der Waals surface area contributed by atoms with Gasteiger partial charge in [-0.25, -0.2) is 0 Å². The Kier molecular flexibility index (Phi) is 3.82. The van der Waals surface area contributed by atoms with Gasteiger partial charge in [0.25, 0.3) is 0 Å². The second-order valence-corrected chi connectivity index (χ2v) is 5.00. The molecular weight excluding hydrogens is 204 g/mol. The molecule has 0 aromatic heterocycles. The van der Waals surface area contributed by atoms with Crippen LogP contribution in [0, 0.1) is 11.8 Å². The van der Waals surface area contributed by atoms with Crippen LogP contribution >= 0.6 is 0 Å². The number of aliphatic hydroxyl groups excluding tert-OH is 1. The summed E-state index contributed by atoms with van der Waals surface area (Å²) in [5.74, 6) is 0.732. The molecule has 4 nitrogen and oxygen atoms in total. The molecule has 2 N–H and O–H groups in total. The van der Waals surface area contributed by atoms with Crippen molar-refractivity contribution in [2.24, 2.45) is 11.8 Å². The van der Waals surface area contributed by atoms with E-state index < -0.39 is 0 Å². The van der Waals surface area contributed by atoms with E-state index in [1.807, 2.05) is 4.90 Å². The zero-order chi connectivity index (χ0) is 11.5. The third-order valence-corrected chi connectivity index (χ3v) is 3.94. The summed E-state index contributed by atoms with van der Waals surface area (Å²) < 4.78 is 0. The molecule has 16 heavy (non-hydrogen) atoms. The minimum absolute atomic E-state index is 0.174. The molecular formula is C12H22N2O2. The fourth-order valence-corrected chi connectivity index (χ4v) is 2.74. The Labute approximate surface area is 97.0 Å². The summed E-state index contributed by atoms with van der Waals surface area (Å²) in [7, 11) is 0. The number of hydrogen-bond acceptors (Lipinski definition) is 3.